The van der Waals surface area contributed by atoms with Crippen LogP contribution in [0, 0.1) is 0 Å². The molecule has 1 atom stereocenters. The van der Waals surface area contributed by atoms with E-state index in [1.54, 1.807) is 13.0 Å². The van der Waals surface area contributed by atoms with Crippen molar-refractivity contribution in [2.75, 3.05) is 13.1 Å². The average molecular weight is 233 g/mol. The summed E-state index contributed by atoms with van der Waals surface area (Å²) in [6, 6.07) is 0.848. The van der Waals surface area contributed by atoms with Crippen molar-refractivity contribution in [2.24, 2.45) is 0 Å². The quantitative estimate of drug-likeness (QED) is 0.624. The Hall–Kier alpha value is -1.30. The average Bonchev–Trinajstić information content (AvgIpc) is 2.66. The highest BCUT2D eigenvalue weighted by Gasteiger charge is 2.33. The second kappa shape index (κ2) is 5.16. The largest absolute Gasteiger partial charge is 0.435 e. The molecule has 0 saturated heterocycles. The van der Waals surface area contributed by atoms with Crippen LogP contribution in [0.3, 0.4) is 0 Å². The van der Waals surface area contributed by atoms with Gasteiger partial charge in [0.25, 0.3) is 0 Å². The zero-order valence-electron chi connectivity index (χ0n) is 8.96. The van der Waals surface area contributed by atoms with Crippen LogP contribution in [-0.4, -0.2) is 22.9 Å². The zero-order valence-corrected chi connectivity index (χ0v) is 8.96. The first kappa shape index (κ1) is 12.8. The van der Waals surface area contributed by atoms with E-state index in [1.807, 2.05) is 0 Å². The van der Waals surface area contributed by atoms with Crippen molar-refractivity contribution in [2.45, 2.75) is 19.1 Å². The molecule has 1 unspecified atom stereocenters. The minimum atomic E-state index is -4.38. The van der Waals surface area contributed by atoms with Gasteiger partial charge in [0.05, 0.1) is 6.04 Å². The molecule has 3 nitrogen and oxygen atoms in total. The SMILES string of the molecule is C=CCNCC(C)n1ccc(C(F)(F)F)n1. The molecule has 0 bridgehead atoms. The Kier molecular flexibility index (Phi) is 4.12. The van der Waals surface area contributed by atoms with Gasteiger partial charge in [-0.3, -0.25) is 4.68 Å². The summed E-state index contributed by atoms with van der Waals surface area (Å²) >= 11 is 0. The zero-order chi connectivity index (χ0) is 12.2. The number of nitrogens with one attached hydrogen (secondary N) is 1. The second-order valence-electron chi connectivity index (χ2n) is 3.47. The predicted molar refractivity (Wildman–Crippen MR) is 55.0 cm³/mol. The Labute approximate surface area is 92.0 Å². The molecule has 1 aromatic heterocycles. The lowest BCUT2D eigenvalue weighted by atomic mass is 10.3. The number of nitrogens with zero attached hydrogens (tertiary/aromatic N) is 2. The molecule has 0 aliphatic carbocycles. The van der Waals surface area contributed by atoms with Gasteiger partial charge in [0.2, 0.25) is 0 Å². The Bertz CT molecular complexity index is 343. The minimum Gasteiger partial charge on any atom is -0.311 e. The van der Waals surface area contributed by atoms with Crippen molar-refractivity contribution in [3.63, 3.8) is 0 Å². The summed E-state index contributed by atoms with van der Waals surface area (Å²) in [7, 11) is 0. The minimum absolute atomic E-state index is 0.129. The summed E-state index contributed by atoms with van der Waals surface area (Å²) in [6.07, 6.45) is -1.35. The Morgan fingerprint density at radius 1 is 1.62 bits per heavy atom. The molecule has 0 radical (unpaired) electrons. The molecule has 0 spiro atoms. The van der Waals surface area contributed by atoms with Crippen molar-refractivity contribution in [3.8, 4) is 0 Å². The topological polar surface area (TPSA) is 29.9 Å². The molecule has 0 aliphatic rings. The standard InChI is InChI=1S/C10H14F3N3/c1-3-5-14-7-8(2)16-6-4-9(15-16)10(11,12)13/h3-4,6,8,14H,1,5,7H2,2H3. The van der Waals surface area contributed by atoms with Gasteiger partial charge >= 0.3 is 6.18 Å². The van der Waals surface area contributed by atoms with Gasteiger partial charge in [-0.15, -0.1) is 6.58 Å². The van der Waals surface area contributed by atoms with Gasteiger partial charge in [0.1, 0.15) is 0 Å². The van der Waals surface area contributed by atoms with E-state index in [-0.39, 0.29) is 6.04 Å². The monoisotopic (exact) mass is 233 g/mol. The number of rotatable bonds is 5. The molecule has 0 saturated carbocycles. The number of halogens is 3. The molecule has 1 heterocycles. The lowest BCUT2D eigenvalue weighted by molar-refractivity contribution is -0.141. The maximum atomic E-state index is 12.3. The summed E-state index contributed by atoms with van der Waals surface area (Å²) in [5, 5.41) is 6.51. The van der Waals surface area contributed by atoms with Gasteiger partial charge in [-0.25, -0.2) is 0 Å². The van der Waals surface area contributed by atoms with Crippen LogP contribution in [0.15, 0.2) is 24.9 Å². The van der Waals surface area contributed by atoms with Crippen LogP contribution >= 0.6 is 0 Å². The van der Waals surface area contributed by atoms with Gasteiger partial charge < -0.3 is 5.32 Å². The summed E-state index contributed by atoms with van der Waals surface area (Å²) in [4.78, 5) is 0. The van der Waals surface area contributed by atoms with Crippen molar-refractivity contribution >= 4 is 0 Å². The molecule has 0 aromatic carbocycles. The van der Waals surface area contributed by atoms with Gasteiger partial charge in [-0.1, -0.05) is 6.08 Å². The van der Waals surface area contributed by atoms with E-state index in [0.717, 1.165) is 6.07 Å². The van der Waals surface area contributed by atoms with Crippen molar-refractivity contribution in [1.82, 2.24) is 15.1 Å². The van der Waals surface area contributed by atoms with E-state index in [2.05, 4.69) is 17.0 Å². The fourth-order valence-corrected chi connectivity index (χ4v) is 1.22. The summed E-state index contributed by atoms with van der Waals surface area (Å²) in [5.41, 5.74) is -0.858. The maximum absolute atomic E-state index is 12.3. The molecule has 16 heavy (non-hydrogen) atoms. The number of hydrogen-bond acceptors (Lipinski definition) is 2. The van der Waals surface area contributed by atoms with Crippen LogP contribution in [0.5, 0.6) is 0 Å². The van der Waals surface area contributed by atoms with Crippen LogP contribution in [0.25, 0.3) is 0 Å². The van der Waals surface area contributed by atoms with Crippen LogP contribution in [0.1, 0.15) is 18.7 Å². The van der Waals surface area contributed by atoms with Crippen molar-refractivity contribution < 1.29 is 13.2 Å². The fourth-order valence-electron chi connectivity index (χ4n) is 1.22. The second-order valence-corrected chi connectivity index (χ2v) is 3.47. The normalized spacial score (nSPS) is 13.8. The Morgan fingerprint density at radius 2 is 2.31 bits per heavy atom. The lowest BCUT2D eigenvalue weighted by Gasteiger charge is -2.12. The van der Waals surface area contributed by atoms with E-state index in [9.17, 15) is 13.2 Å². The number of hydrogen-bond donors (Lipinski definition) is 1. The van der Waals surface area contributed by atoms with Crippen LogP contribution in [0.4, 0.5) is 13.2 Å². The third kappa shape index (κ3) is 3.37. The van der Waals surface area contributed by atoms with E-state index in [1.165, 1.54) is 10.9 Å². The highest BCUT2D eigenvalue weighted by Crippen LogP contribution is 2.27. The molecule has 1 aromatic rings. The first-order valence-corrected chi connectivity index (χ1v) is 4.89. The Morgan fingerprint density at radius 3 is 2.81 bits per heavy atom. The van der Waals surface area contributed by atoms with Crippen LogP contribution < -0.4 is 5.32 Å². The molecule has 1 N–H and O–H groups in total. The molecular formula is C10H14F3N3. The van der Waals surface area contributed by atoms with Gasteiger partial charge in [-0.05, 0) is 13.0 Å². The first-order valence-electron chi connectivity index (χ1n) is 4.89. The maximum Gasteiger partial charge on any atom is 0.435 e. The first-order chi connectivity index (χ1) is 7.45. The third-order valence-corrected chi connectivity index (χ3v) is 2.08. The van der Waals surface area contributed by atoms with Crippen LogP contribution in [-0.2, 0) is 6.18 Å². The molecule has 90 valence electrons. The smallest absolute Gasteiger partial charge is 0.311 e. The summed E-state index contributed by atoms with van der Waals surface area (Å²) < 4.78 is 38.1. The lowest BCUT2D eigenvalue weighted by Crippen LogP contribution is -2.24. The molecule has 0 amide bonds. The van der Waals surface area contributed by atoms with Crippen LogP contribution in [0.2, 0.25) is 0 Å². The van der Waals surface area contributed by atoms with Crippen molar-refractivity contribution in [1.29, 1.82) is 0 Å². The van der Waals surface area contributed by atoms with Gasteiger partial charge in [0.15, 0.2) is 5.69 Å². The predicted octanol–water partition coefficient (Wildman–Crippen LogP) is 2.24. The Balaban J connectivity index is 2.60. The van der Waals surface area contributed by atoms with Gasteiger partial charge in [-0.2, -0.15) is 18.3 Å². The summed E-state index contributed by atoms with van der Waals surface area (Å²) in [6.45, 7) is 6.50. The number of alkyl halides is 3. The fraction of sp³-hybridized carbons (Fsp3) is 0.500. The van der Waals surface area contributed by atoms with E-state index >= 15 is 0 Å². The van der Waals surface area contributed by atoms with E-state index in [0.29, 0.717) is 13.1 Å². The highest BCUT2D eigenvalue weighted by atomic mass is 19.4. The van der Waals surface area contributed by atoms with E-state index < -0.39 is 11.9 Å². The third-order valence-electron chi connectivity index (χ3n) is 2.08. The molecule has 0 aliphatic heterocycles. The van der Waals surface area contributed by atoms with Crippen molar-refractivity contribution in [3.05, 3.63) is 30.6 Å². The summed E-state index contributed by atoms with van der Waals surface area (Å²) in [5.74, 6) is 0. The molecule has 1 rings (SSSR count). The number of aromatic nitrogens is 2. The van der Waals surface area contributed by atoms with Gasteiger partial charge in [0, 0.05) is 19.3 Å². The molecule has 6 heteroatoms. The molecular weight excluding hydrogens is 219 g/mol. The highest BCUT2D eigenvalue weighted by molar-refractivity contribution is 5.03. The van der Waals surface area contributed by atoms with E-state index in [4.69, 9.17) is 0 Å². The molecule has 0 fully saturated rings.